The summed E-state index contributed by atoms with van der Waals surface area (Å²) in [5, 5.41) is 11.4. The zero-order valence-corrected chi connectivity index (χ0v) is 11.0. The van der Waals surface area contributed by atoms with Crippen molar-refractivity contribution in [2.75, 3.05) is 0 Å². The van der Waals surface area contributed by atoms with Gasteiger partial charge in [-0.25, -0.2) is 0 Å². The highest BCUT2D eigenvalue weighted by Gasteiger charge is 2.12. The van der Waals surface area contributed by atoms with Crippen molar-refractivity contribution in [3.8, 4) is 16.9 Å². The summed E-state index contributed by atoms with van der Waals surface area (Å²) < 4.78 is 0. The molecular weight excluding hydrogens is 234 g/mol. The van der Waals surface area contributed by atoms with Crippen LogP contribution in [0.5, 0.6) is 5.75 Å². The largest absolute Gasteiger partial charge is 0.505 e. The molecule has 0 bridgehead atoms. The highest BCUT2D eigenvalue weighted by Crippen LogP contribution is 2.37. The summed E-state index contributed by atoms with van der Waals surface area (Å²) in [7, 11) is 0. The van der Waals surface area contributed by atoms with Gasteiger partial charge >= 0.3 is 0 Å². The fourth-order valence-electron chi connectivity index (χ4n) is 2.57. The lowest BCUT2D eigenvalue weighted by atomic mass is 9.94. The van der Waals surface area contributed by atoms with Gasteiger partial charge < -0.3 is 5.11 Å². The third kappa shape index (κ3) is 1.85. The van der Waals surface area contributed by atoms with Gasteiger partial charge in [0, 0.05) is 17.1 Å². The molecule has 2 aromatic carbocycles. The van der Waals surface area contributed by atoms with Crippen molar-refractivity contribution in [2.45, 2.75) is 13.8 Å². The highest BCUT2D eigenvalue weighted by molar-refractivity contribution is 5.92. The lowest BCUT2D eigenvalue weighted by Gasteiger charge is -2.12. The first kappa shape index (κ1) is 11.7. The molecule has 0 aliphatic carbocycles. The van der Waals surface area contributed by atoms with Crippen molar-refractivity contribution in [3.63, 3.8) is 0 Å². The second-order valence-corrected chi connectivity index (χ2v) is 4.80. The highest BCUT2D eigenvalue weighted by atomic mass is 16.3. The molecule has 0 unspecified atom stereocenters. The van der Waals surface area contributed by atoms with E-state index in [2.05, 4.69) is 31.0 Å². The number of aromatic hydroxyl groups is 1. The quantitative estimate of drug-likeness (QED) is 0.700. The Kier molecular flexibility index (Phi) is 2.71. The van der Waals surface area contributed by atoms with Gasteiger partial charge in [0.25, 0.3) is 0 Å². The minimum atomic E-state index is 0.260. The Bertz CT molecular complexity index is 742. The predicted octanol–water partition coefficient (Wildman–Crippen LogP) is 4.22. The van der Waals surface area contributed by atoms with E-state index in [0.717, 1.165) is 27.6 Å². The van der Waals surface area contributed by atoms with Gasteiger partial charge in [0.15, 0.2) is 0 Å². The number of phenolic OH excluding ortho intramolecular Hbond substituents is 1. The van der Waals surface area contributed by atoms with E-state index >= 15 is 0 Å². The summed E-state index contributed by atoms with van der Waals surface area (Å²) in [5.41, 5.74) is 4.91. The van der Waals surface area contributed by atoms with Crippen LogP contribution in [-0.4, -0.2) is 10.1 Å². The summed E-state index contributed by atoms with van der Waals surface area (Å²) in [6.07, 6.45) is 1.70. The first-order chi connectivity index (χ1) is 9.18. The lowest BCUT2D eigenvalue weighted by Crippen LogP contribution is -1.90. The number of aryl methyl sites for hydroxylation is 2. The van der Waals surface area contributed by atoms with Crippen LogP contribution < -0.4 is 0 Å². The maximum atomic E-state index is 10.5. The number of pyridine rings is 1. The van der Waals surface area contributed by atoms with Crippen LogP contribution in [0.2, 0.25) is 0 Å². The summed E-state index contributed by atoms with van der Waals surface area (Å²) >= 11 is 0. The van der Waals surface area contributed by atoms with Gasteiger partial charge in [-0.1, -0.05) is 30.3 Å². The van der Waals surface area contributed by atoms with E-state index in [1.807, 2.05) is 30.3 Å². The van der Waals surface area contributed by atoms with Crippen molar-refractivity contribution in [2.24, 2.45) is 0 Å². The Morgan fingerprint density at radius 1 is 0.895 bits per heavy atom. The van der Waals surface area contributed by atoms with Crippen LogP contribution in [0, 0.1) is 13.8 Å². The second-order valence-electron chi connectivity index (χ2n) is 4.80. The van der Waals surface area contributed by atoms with Gasteiger partial charge in [-0.2, -0.15) is 0 Å². The number of aromatic nitrogens is 1. The number of phenols is 1. The first-order valence-electron chi connectivity index (χ1n) is 6.32. The Morgan fingerprint density at radius 3 is 2.37 bits per heavy atom. The van der Waals surface area contributed by atoms with Crippen LogP contribution in [0.3, 0.4) is 0 Å². The van der Waals surface area contributed by atoms with Crippen LogP contribution in [0.25, 0.3) is 22.0 Å². The van der Waals surface area contributed by atoms with Crippen LogP contribution in [0.15, 0.2) is 48.7 Å². The molecule has 1 aromatic heterocycles. The van der Waals surface area contributed by atoms with Gasteiger partial charge in [0.1, 0.15) is 11.3 Å². The van der Waals surface area contributed by atoms with E-state index in [9.17, 15) is 5.11 Å². The molecule has 0 atom stereocenters. The molecule has 1 heterocycles. The normalized spacial score (nSPS) is 10.8. The summed E-state index contributed by atoms with van der Waals surface area (Å²) in [6.45, 7) is 4.12. The molecule has 3 rings (SSSR count). The van der Waals surface area contributed by atoms with E-state index in [4.69, 9.17) is 0 Å². The predicted molar refractivity (Wildman–Crippen MR) is 78.3 cm³/mol. The number of hydrogen-bond donors (Lipinski definition) is 1. The minimum absolute atomic E-state index is 0.260. The van der Waals surface area contributed by atoms with Crippen molar-refractivity contribution >= 4 is 10.9 Å². The number of nitrogens with zero attached hydrogens (tertiary/aromatic N) is 1. The van der Waals surface area contributed by atoms with Crippen molar-refractivity contribution < 1.29 is 5.11 Å². The zero-order valence-electron chi connectivity index (χ0n) is 11.0. The van der Waals surface area contributed by atoms with E-state index in [0.29, 0.717) is 5.52 Å². The lowest BCUT2D eigenvalue weighted by molar-refractivity contribution is 0.482. The molecule has 0 aliphatic rings. The van der Waals surface area contributed by atoms with Crippen molar-refractivity contribution in [1.82, 2.24) is 4.98 Å². The standard InChI is InChI=1S/C17H15NO/c1-11-5-3-6-12(2)15(11)14-9-8-13-7-4-10-18-16(13)17(14)19/h3-10,19H,1-2H3. The molecule has 0 amide bonds. The molecule has 1 N–H and O–H groups in total. The van der Waals surface area contributed by atoms with Gasteiger partial charge in [0.05, 0.1) is 0 Å². The second kappa shape index (κ2) is 4.39. The molecule has 0 aliphatic heterocycles. The molecule has 0 saturated carbocycles. The maximum absolute atomic E-state index is 10.5. The Morgan fingerprint density at radius 2 is 1.63 bits per heavy atom. The molecule has 2 nitrogen and oxygen atoms in total. The van der Waals surface area contributed by atoms with E-state index in [-0.39, 0.29) is 5.75 Å². The number of benzene rings is 2. The molecule has 0 saturated heterocycles. The summed E-state index contributed by atoms with van der Waals surface area (Å²) in [6, 6.07) is 14.0. The van der Waals surface area contributed by atoms with Crippen LogP contribution >= 0.6 is 0 Å². The topological polar surface area (TPSA) is 33.1 Å². The molecule has 0 fully saturated rings. The van der Waals surface area contributed by atoms with Gasteiger partial charge in [0.2, 0.25) is 0 Å². The maximum Gasteiger partial charge on any atom is 0.149 e. The smallest absolute Gasteiger partial charge is 0.149 e. The number of fused-ring (bicyclic) bond motifs is 1. The Balaban J connectivity index is 2.35. The molecule has 2 heteroatoms. The third-order valence-electron chi connectivity index (χ3n) is 3.50. The fourth-order valence-corrected chi connectivity index (χ4v) is 2.57. The van der Waals surface area contributed by atoms with E-state index < -0.39 is 0 Å². The summed E-state index contributed by atoms with van der Waals surface area (Å²) in [4.78, 5) is 4.28. The van der Waals surface area contributed by atoms with Gasteiger partial charge in [-0.3, -0.25) is 4.98 Å². The van der Waals surface area contributed by atoms with Gasteiger partial charge in [-0.05, 0) is 42.7 Å². The number of hydrogen-bond acceptors (Lipinski definition) is 2. The van der Waals surface area contributed by atoms with Gasteiger partial charge in [-0.15, -0.1) is 0 Å². The Hall–Kier alpha value is -2.35. The van der Waals surface area contributed by atoms with E-state index in [1.54, 1.807) is 6.20 Å². The minimum Gasteiger partial charge on any atom is -0.505 e. The molecule has 3 aromatic rings. The number of rotatable bonds is 1. The molecule has 0 radical (unpaired) electrons. The SMILES string of the molecule is Cc1cccc(C)c1-c1ccc2cccnc2c1O. The van der Waals surface area contributed by atoms with Crippen LogP contribution in [0.1, 0.15) is 11.1 Å². The molecular formula is C17H15NO. The monoisotopic (exact) mass is 249 g/mol. The Labute approximate surface area is 112 Å². The van der Waals surface area contributed by atoms with E-state index in [1.165, 1.54) is 0 Å². The third-order valence-corrected chi connectivity index (χ3v) is 3.50. The first-order valence-corrected chi connectivity index (χ1v) is 6.32. The average molecular weight is 249 g/mol. The molecule has 19 heavy (non-hydrogen) atoms. The average Bonchev–Trinajstić information content (AvgIpc) is 2.41. The summed E-state index contributed by atoms with van der Waals surface area (Å²) in [5.74, 6) is 0.260. The molecule has 94 valence electrons. The van der Waals surface area contributed by atoms with Crippen molar-refractivity contribution in [3.05, 3.63) is 59.8 Å². The molecule has 0 spiro atoms. The zero-order chi connectivity index (χ0) is 13.4. The van der Waals surface area contributed by atoms with Crippen LogP contribution in [-0.2, 0) is 0 Å². The van der Waals surface area contributed by atoms with Crippen molar-refractivity contribution in [1.29, 1.82) is 0 Å². The fraction of sp³-hybridized carbons (Fsp3) is 0.118. The van der Waals surface area contributed by atoms with Crippen LogP contribution in [0.4, 0.5) is 0 Å².